The van der Waals surface area contributed by atoms with Crippen molar-refractivity contribution in [2.24, 2.45) is 10.8 Å². The van der Waals surface area contributed by atoms with Crippen LogP contribution in [0.4, 0.5) is 0 Å². The summed E-state index contributed by atoms with van der Waals surface area (Å²) in [6, 6.07) is 0.622. The SMILES string of the molecule is CCC1(C)CCN(CC2(CNC(C)C)CCCC2)CC1. The summed E-state index contributed by atoms with van der Waals surface area (Å²) in [5.74, 6) is 0. The standard InChI is InChI=1S/C18H36N2/c1-5-17(4)10-12-20(13-11-17)15-18(8-6-7-9-18)14-19-16(2)3/h16,19H,5-15H2,1-4H3. The third kappa shape index (κ3) is 4.21. The Morgan fingerprint density at radius 1 is 1.05 bits per heavy atom. The zero-order chi connectivity index (χ0) is 14.6. The molecule has 0 radical (unpaired) electrons. The molecule has 20 heavy (non-hydrogen) atoms. The number of rotatable bonds is 6. The molecule has 1 aliphatic carbocycles. The van der Waals surface area contributed by atoms with Crippen molar-refractivity contribution in [2.45, 2.75) is 78.7 Å². The van der Waals surface area contributed by atoms with E-state index in [0.717, 1.165) is 0 Å². The van der Waals surface area contributed by atoms with Crippen molar-refractivity contribution in [3.05, 3.63) is 0 Å². The molecule has 0 atom stereocenters. The molecule has 1 heterocycles. The summed E-state index contributed by atoms with van der Waals surface area (Å²) in [6.45, 7) is 14.6. The first-order valence-corrected chi connectivity index (χ1v) is 8.93. The first-order chi connectivity index (χ1) is 9.47. The lowest BCUT2D eigenvalue weighted by Gasteiger charge is -2.43. The maximum atomic E-state index is 3.72. The van der Waals surface area contributed by atoms with E-state index in [1.165, 1.54) is 71.1 Å². The molecule has 1 N–H and O–H groups in total. The minimum absolute atomic E-state index is 0.574. The van der Waals surface area contributed by atoms with Gasteiger partial charge in [0.1, 0.15) is 0 Å². The summed E-state index contributed by atoms with van der Waals surface area (Å²) < 4.78 is 0. The van der Waals surface area contributed by atoms with Gasteiger partial charge in [0.05, 0.1) is 0 Å². The van der Waals surface area contributed by atoms with E-state index in [1.54, 1.807) is 0 Å². The van der Waals surface area contributed by atoms with Gasteiger partial charge in [-0.1, -0.05) is 47.0 Å². The number of hydrogen-bond acceptors (Lipinski definition) is 2. The molecule has 2 nitrogen and oxygen atoms in total. The van der Waals surface area contributed by atoms with Crippen molar-refractivity contribution < 1.29 is 0 Å². The van der Waals surface area contributed by atoms with Gasteiger partial charge in [0.15, 0.2) is 0 Å². The molecule has 1 saturated heterocycles. The van der Waals surface area contributed by atoms with E-state index in [1.807, 2.05) is 0 Å². The number of hydrogen-bond donors (Lipinski definition) is 1. The molecule has 118 valence electrons. The van der Waals surface area contributed by atoms with Crippen LogP contribution in [0.5, 0.6) is 0 Å². The average Bonchev–Trinajstić information content (AvgIpc) is 2.89. The van der Waals surface area contributed by atoms with Gasteiger partial charge in [0.25, 0.3) is 0 Å². The van der Waals surface area contributed by atoms with Crippen molar-refractivity contribution in [2.75, 3.05) is 26.2 Å². The average molecular weight is 280 g/mol. The van der Waals surface area contributed by atoms with Crippen molar-refractivity contribution in [3.8, 4) is 0 Å². The van der Waals surface area contributed by atoms with E-state index in [0.29, 0.717) is 16.9 Å². The molecule has 2 rings (SSSR count). The molecule has 2 fully saturated rings. The second-order valence-electron chi connectivity index (χ2n) is 8.18. The molecule has 1 saturated carbocycles. The van der Waals surface area contributed by atoms with E-state index in [2.05, 4.69) is 37.9 Å². The van der Waals surface area contributed by atoms with Crippen LogP contribution in [0.3, 0.4) is 0 Å². The van der Waals surface area contributed by atoms with Gasteiger partial charge >= 0.3 is 0 Å². The fourth-order valence-electron chi connectivity index (χ4n) is 4.02. The molecule has 0 aromatic heterocycles. The number of likely N-dealkylation sites (tertiary alicyclic amines) is 1. The predicted octanol–water partition coefficient (Wildman–Crippen LogP) is 4.06. The van der Waals surface area contributed by atoms with Crippen molar-refractivity contribution in [1.82, 2.24) is 10.2 Å². The minimum Gasteiger partial charge on any atom is -0.314 e. The van der Waals surface area contributed by atoms with Crippen LogP contribution in [0.1, 0.15) is 72.6 Å². The Morgan fingerprint density at radius 2 is 1.65 bits per heavy atom. The maximum absolute atomic E-state index is 3.72. The van der Waals surface area contributed by atoms with Gasteiger partial charge in [-0.05, 0) is 49.6 Å². The van der Waals surface area contributed by atoms with E-state index in [4.69, 9.17) is 0 Å². The monoisotopic (exact) mass is 280 g/mol. The largest absolute Gasteiger partial charge is 0.314 e. The van der Waals surface area contributed by atoms with Crippen molar-refractivity contribution >= 4 is 0 Å². The molecular weight excluding hydrogens is 244 g/mol. The van der Waals surface area contributed by atoms with Crippen LogP contribution in [-0.4, -0.2) is 37.1 Å². The predicted molar refractivity (Wildman–Crippen MR) is 88.1 cm³/mol. The molecule has 2 aliphatic rings. The normalized spacial score (nSPS) is 26.2. The van der Waals surface area contributed by atoms with Crippen LogP contribution in [-0.2, 0) is 0 Å². The Balaban J connectivity index is 1.86. The maximum Gasteiger partial charge on any atom is 0.00501 e. The third-order valence-corrected chi connectivity index (χ3v) is 6.03. The van der Waals surface area contributed by atoms with Crippen LogP contribution in [0, 0.1) is 10.8 Å². The molecule has 2 heteroatoms. The van der Waals surface area contributed by atoms with Gasteiger partial charge in [-0.25, -0.2) is 0 Å². The molecule has 0 spiro atoms. The highest BCUT2D eigenvalue weighted by Crippen LogP contribution is 2.40. The third-order valence-electron chi connectivity index (χ3n) is 6.03. The highest BCUT2D eigenvalue weighted by molar-refractivity contribution is 4.92. The highest BCUT2D eigenvalue weighted by atomic mass is 15.1. The van der Waals surface area contributed by atoms with Gasteiger partial charge < -0.3 is 10.2 Å². The molecule has 1 aliphatic heterocycles. The Kier molecular flexibility index (Phi) is 5.53. The Hall–Kier alpha value is -0.0800. The van der Waals surface area contributed by atoms with E-state index < -0.39 is 0 Å². The number of nitrogens with zero attached hydrogens (tertiary/aromatic N) is 1. The summed E-state index contributed by atoms with van der Waals surface area (Å²) in [5.41, 5.74) is 1.19. The summed E-state index contributed by atoms with van der Waals surface area (Å²) in [5, 5.41) is 3.72. The molecule has 0 bridgehead atoms. The Bertz CT molecular complexity index is 284. The van der Waals surface area contributed by atoms with Crippen LogP contribution >= 0.6 is 0 Å². The zero-order valence-electron chi connectivity index (χ0n) is 14.3. The fourth-order valence-corrected chi connectivity index (χ4v) is 4.02. The van der Waals surface area contributed by atoms with Crippen molar-refractivity contribution in [1.29, 1.82) is 0 Å². The molecule has 0 unspecified atom stereocenters. The summed E-state index contributed by atoms with van der Waals surface area (Å²) in [4.78, 5) is 2.77. The lowest BCUT2D eigenvalue weighted by Crippen LogP contribution is -2.47. The van der Waals surface area contributed by atoms with Crippen LogP contribution in [0.2, 0.25) is 0 Å². The van der Waals surface area contributed by atoms with Crippen LogP contribution in [0.15, 0.2) is 0 Å². The van der Waals surface area contributed by atoms with E-state index >= 15 is 0 Å². The summed E-state index contributed by atoms with van der Waals surface area (Å²) >= 11 is 0. The number of piperidine rings is 1. The van der Waals surface area contributed by atoms with E-state index in [-0.39, 0.29) is 0 Å². The summed E-state index contributed by atoms with van der Waals surface area (Å²) in [7, 11) is 0. The topological polar surface area (TPSA) is 15.3 Å². The smallest absolute Gasteiger partial charge is 0.00501 e. The Morgan fingerprint density at radius 3 is 2.15 bits per heavy atom. The molecule has 0 amide bonds. The van der Waals surface area contributed by atoms with Gasteiger partial charge in [-0.2, -0.15) is 0 Å². The Labute approximate surface area is 126 Å². The van der Waals surface area contributed by atoms with Gasteiger partial charge in [-0.3, -0.25) is 0 Å². The van der Waals surface area contributed by atoms with E-state index in [9.17, 15) is 0 Å². The molecule has 0 aromatic rings. The fraction of sp³-hybridized carbons (Fsp3) is 1.00. The van der Waals surface area contributed by atoms with Gasteiger partial charge in [0.2, 0.25) is 0 Å². The lowest BCUT2D eigenvalue weighted by molar-refractivity contribution is 0.0718. The first-order valence-electron chi connectivity index (χ1n) is 8.93. The second kappa shape index (κ2) is 6.79. The lowest BCUT2D eigenvalue weighted by atomic mass is 9.77. The van der Waals surface area contributed by atoms with Crippen molar-refractivity contribution in [3.63, 3.8) is 0 Å². The highest BCUT2D eigenvalue weighted by Gasteiger charge is 2.37. The van der Waals surface area contributed by atoms with Gasteiger partial charge in [-0.15, -0.1) is 0 Å². The quantitative estimate of drug-likeness (QED) is 0.789. The first kappa shape index (κ1) is 16.3. The minimum atomic E-state index is 0.574. The molecule has 0 aromatic carbocycles. The van der Waals surface area contributed by atoms with Gasteiger partial charge in [0, 0.05) is 19.1 Å². The van der Waals surface area contributed by atoms with Crippen LogP contribution < -0.4 is 5.32 Å². The zero-order valence-corrected chi connectivity index (χ0v) is 14.3. The summed E-state index contributed by atoms with van der Waals surface area (Å²) in [6.07, 6.45) is 9.92. The number of nitrogens with one attached hydrogen (secondary N) is 1. The second-order valence-corrected chi connectivity index (χ2v) is 8.18. The molecular formula is C18H36N2. The van der Waals surface area contributed by atoms with Crippen LogP contribution in [0.25, 0.3) is 0 Å².